The third-order valence-electron chi connectivity index (χ3n) is 3.22. The third-order valence-corrected chi connectivity index (χ3v) is 3.22. The zero-order chi connectivity index (χ0) is 12.2. The zero-order valence-electron chi connectivity index (χ0n) is 10.1. The van der Waals surface area contributed by atoms with Crippen LogP contribution in [-0.2, 0) is 4.74 Å². The lowest BCUT2D eigenvalue weighted by atomic mass is 10.1. The maximum atomic E-state index is 5.35. The van der Waals surface area contributed by atoms with E-state index in [2.05, 4.69) is 22.4 Å². The van der Waals surface area contributed by atoms with E-state index < -0.39 is 0 Å². The summed E-state index contributed by atoms with van der Waals surface area (Å²) in [6.45, 7) is 2.75. The summed E-state index contributed by atoms with van der Waals surface area (Å²) in [4.78, 5) is 3.91. The molecule has 18 heavy (non-hydrogen) atoms. The summed E-state index contributed by atoms with van der Waals surface area (Å²) in [7, 11) is 0. The van der Waals surface area contributed by atoms with Crippen molar-refractivity contribution in [3.05, 3.63) is 36.9 Å². The molecule has 4 heteroatoms. The van der Waals surface area contributed by atoms with Crippen molar-refractivity contribution in [1.82, 2.24) is 4.98 Å². The largest absolute Gasteiger partial charge is 0.444 e. The molecule has 0 bridgehead atoms. The Bertz CT molecular complexity index is 473. The van der Waals surface area contributed by atoms with Crippen molar-refractivity contribution in [2.75, 3.05) is 25.1 Å². The summed E-state index contributed by atoms with van der Waals surface area (Å²) in [6, 6.07) is 8.20. The second-order valence-electron chi connectivity index (χ2n) is 4.55. The van der Waals surface area contributed by atoms with Gasteiger partial charge in [-0.15, -0.1) is 0 Å². The first-order valence-corrected chi connectivity index (χ1v) is 6.22. The van der Waals surface area contributed by atoms with Crippen LogP contribution in [-0.4, -0.2) is 24.7 Å². The minimum Gasteiger partial charge on any atom is -0.444 e. The molecular weight excluding hydrogens is 228 g/mol. The molecule has 0 amide bonds. The number of nitrogens with zero attached hydrogens (tertiary/aromatic N) is 1. The van der Waals surface area contributed by atoms with E-state index in [0.29, 0.717) is 5.92 Å². The minimum atomic E-state index is 0.638. The van der Waals surface area contributed by atoms with Gasteiger partial charge in [0.05, 0.1) is 12.8 Å². The third kappa shape index (κ3) is 2.54. The molecule has 0 saturated carbocycles. The number of oxazole rings is 1. The molecule has 0 aliphatic carbocycles. The number of hydrogen-bond donors (Lipinski definition) is 1. The van der Waals surface area contributed by atoms with Crippen LogP contribution in [0.1, 0.15) is 6.42 Å². The second-order valence-corrected chi connectivity index (χ2v) is 4.55. The fourth-order valence-corrected chi connectivity index (χ4v) is 2.12. The summed E-state index contributed by atoms with van der Waals surface area (Å²) < 4.78 is 10.6. The van der Waals surface area contributed by atoms with Gasteiger partial charge in [-0.25, -0.2) is 4.98 Å². The van der Waals surface area contributed by atoms with E-state index in [1.807, 2.05) is 12.1 Å². The second kappa shape index (κ2) is 5.23. The monoisotopic (exact) mass is 244 g/mol. The minimum absolute atomic E-state index is 0.638. The number of benzene rings is 1. The Hall–Kier alpha value is -1.81. The number of aromatic nitrogens is 1. The lowest BCUT2D eigenvalue weighted by Crippen LogP contribution is -2.13. The summed E-state index contributed by atoms with van der Waals surface area (Å²) in [5.74, 6) is 1.43. The van der Waals surface area contributed by atoms with Crippen LogP contribution in [0.4, 0.5) is 5.69 Å². The smallest absolute Gasteiger partial charge is 0.181 e. The summed E-state index contributed by atoms with van der Waals surface area (Å²) >= 11 is 0. The summed E-state index contributed by atoms with van der Waals surface area (Å²) in [5, 5.41) is 3.43. The molecule has 4 nitrogen and oxygen atoms in total. The van der Waals surface area contributed by atoms with Crippen LogP contribution in [0.15, 0.2) is 41.3 Å². The highest BCUT2D eigenvalue weighted by molar-refractivity contribution is 5.60. The molecule has 1 aromatic carbocycles. The van der Waals surface area contributed by atoms with Crippen molar-refractivity contribution in [3.8, 4) is 11.3 Å². The van der Waals surface area contributed by atoms with Gasteiger partial charge in [0.25, 0.3) is 0 Å². The molecule has 2 heterocycles. The predicted octanol–water partition coefficient (Wildman–Crippen LogP) is 2.79. The van der Waals surface area contributed by atoms with Crippen molar-refractivity contribution < 1.29 is 9.15 Å². The van der Waals surface area contributed by atoms with Gasteiger partial charge in [0, 0.05) is 30.3 Å². The Morgan fingerprint density at radius 2 is 2.17 bits per heavy atom. The van der Waals surface area contributed by atoms with E-state index in [4.69, 9.17) is 9.15 Å². The first kappa shape index (κ1) is 11.3. The standard InChI is InChI=1S/C14H16N2O2/c1-3-13(16-7-11-5-6-17-9-11)4-2-12(1)14-8-15-10-18-14/h1-4,8,10-11,16H,5-7,9H2. The molecule has 2 aromatic rings. The first-order chi connectivity index (χ1) is 8.92. The van der Waals surface area contributed by atoms with Crippen LogP contribution in [0.25, 0.3) is 11.3 Å². The van der Waals surface area contributed by atoms with Crippen molar-refractivity contribution in [2.45, 2.75) is 6.42 Å². The predicted molar refractivity (Wildman–Crippen MR) is 69.4 cm³/mol. The fourth-order valence-electron chi connectivity index (χ4n) is 2.12. The van der Waals surface area contributed by atoms with Crippen LogP contribution in [0.2, 0.25) is 0 Å². The highest BCUT2D eigenvalue weighted by Gasteiger charge is 2.14. The molecule has 94 valence electrons. The van der Waals surface area contributed by atoms with Crippen molar-refractivity contribution >= 4 is 5.69 Å². The van der Waals surface area contributed by atoms with Crippen molar-refractivity contribution in [1.29, 1.82) is 0 Å². The molecular formula is C14H16N2O2. The lowest BCUT2D eigenvalue weighted by Gasteiger charge is -2.10. The summed E-state index contributed by atoms with van der Waals surface area (Å²) in [5.41, 5.74) is 2.17. The Morgan fingerprint density at radius 1 is 1.28 bits per heavy atom. The molecule has 1 saturated heterocycles. The van der Waals surface area contributed by atoms with Crippen LogP contribution >= 0.6 is 0 Å². The lowest BCUT2D eigenvalue weighted by molar-refractivity contribution is 0.187. The average Bonchev–Trinajstić information content (AvgIpc) is 3.10. The topological polar surface area (TPSA) is 47.3 Å². The van der Waals surface area contributed by atoms with Crippen LogP contribution in [0, 0.1) is 5.92 Å². The van der Waals surface area contributed by atoms with Crippen LogP contribution < -0.4 is 5.32 Å². The quantitative estimate of drug-likeness (QED) is 0.898. The molecule has 1 aliphatic rings. The van der Waals surface area contributed by atoms with Gasteiger partial charge in [-0.1, -0.05) is 0 Å². The van der Waals surface area contributed by atoms with E-state index in [1.165, 1.54) is 6.39 Å². The van der Waals surface area contributed by atoms with E-state index >= 15 is 0 Å². The molecule has 0 spiro atoms. The summed E-state index contributed by atoms with van der Waals surface area (Å²) in [6.07, 6.45) is 4.32. The number of rotatable bonds is 4. The molecule has 3 rings (SSSR count). The first-order valence-electron chi connectivity index (χ1n) is 6.22. The molecule has 0 radical (unpaired) electrons. The normalized spacial score (nSPS) is 19.0. The van der Waals surface area contributed by atoms with E-state index in [0.717, 1.165) is 43.2 Å². The highest BCUT2D eigenvalue weighted by Crippen LogP contribution is 2.21. The van der Waals surface area contributed by atoms with Crippen molar-refractivity contribution in [2.24, 2.45) is 5.92 Å². The maximum absolute atomic E-state index is 5.35. The van der Waals surface area contributed by atoms with Gasteiger partial charge in [-0.2, -0.15) is 0 Å². The average molecular weight is 244 g/mol. The van der Waals surface area contributed by atoms with Crippen LogP contribution in [0.5, 0.6) is 0 Å². The molecule has 1 N–H and O–H groups in total. The Kier molecular flexibility index (Phi) is 3.28. The van der Waals surface area contributed by atoms with Gasteiger partial charge in [0.15, 0.2) is 12.2 Å². The van der Waals surface area contributed by atoms with Crippen molar-refractivity contribution in [3.63, 3.8) is 0 Å². The van der Waals surface area contributed by atoms with Gasteiger partial charge < -0.3 is 14.5 Å². The van der Waals surface area contributed by atoms with E-state index in [-0.39, 0.29) is 0 Å². The van der Waals surface area contributed by atoms with Gasteiger partial charge in [0.2, 0.25) is 0 Å². The highest BCUT2D eigenvalue weighted by atomic mass is 16.5. The molecule has 1 atom stereocenters. The zero-order valence-corrected chi connectivity index (χ0v) is 10.1. The van der Waals surface area contributed by atoms with Gasteiger partial charge in [-0.3, -0.25) is 0 Å². The number of hydrogen-bond acceptors (Lipinski definition) is 4. The number of anilines is 1. The van der Waals surface area contributed by atoms with Crippen LogP contribution in [0.3, 0.4) is 0 Å². The molecule has 1 unspecified atom stereocenters. The Balaban J connectivity index is 1.60. The Labute approximate surface area is 106 Å². The fraction of sp³-hybridized carbons (Fsp3) is 0.357. The number of ether oxygens (including phenoxy) is 1. The van der Waals surface area contributed by atoms with Gasteiger partial charge in [-0.05, 0) is 30.7 Å². The van der Waals surface area contributed by atoms with Gasteiger partial charge in [0.1, 0.15) is 0 Å². The SMILES string of the molecule is c1ncc(-c2ccc(NCC3CCOC3)cc2)o1. The Morgan fingerprint density at radius 3 is 2.83 bits per heavy atom. The number of nitrogens with one attached hydrogen (secondary N) is 1. The van der Waals surface area contributed by atoms with Gasteiger partial charge >= 0.3 is 0 Å². The molecule has 1 aliphatic heterocycles. The molecule has 1 fully saturated rings. The van der Waals surface area contributed by atoms with E-state index in [1.54, 1.807) is 6.20 Å². The molecule has 1 aromatic heterocycles. The van der Waals surface area contributed by atoms with E-state index in [9.17, 15) is 0 Å². The maximum Gasteiger partial charge on any atom is 0.181 e.